The highest BCUT2D eigenvalue weighted by molar-refractivity contribution is 6.03. The molecule has 0 radical (unpaired) electrons. The average Bonchev–Trinajstić information content (AvgIpc) is 2.65. The number of primary amides is 1. The van der Waals surface area contributed by atoms with E-state index in [0.29, 0.717) is 5.75 Å². The molecule has 2 rings (SSSR count). The van der Waals surface area contributed by atoms with E-state index in [1.807, 2.05) is 0 Å². The van der Waals surface area contributed by atoms with Gasteiger partial charge < -0.3 is 25.3 Å². The number of benzene rings is 2. The first kappa shape index (κ1) is 18.8. The minimum atomic E-state index is -0.751. The lowest BCUT2D eigenvalue weighted by molar-refractivity contribution is -0.119. The van der Waals surface area contributed by atoms with Crippen molar-refractivity contribution in [3.05, 3.63) is 53.6 Å². The maximum atomic E-state index is 12.2. The Hall–Kier alpha value is -3.55. The average molecular weight is 358 g/mol. The van der Waals surface area contributed by atoms with Crippen LogP contribution in [0.1, 0.15) is 20.7 Å². The first-order chi connectivity index (χ1) is 12.5. The van der Waals surface area contributed by atoms with Gasteiger partial charge in [0.1, 0.15) is 17.1 Å². The van der Waals surface area contributed by atoms with Gasteiger partial charge in [-0.25, -0.2) is 4.79 Å². The van der Waals surface area contributed by atoms with Gasteiger partial charge in [-0.05, 0) is 30.3 Å². The molecule has 0 aliphatic heterocycles. The summed E-state index contributed by atoms with van der Waals surface area (Å²) in [7, 11) is 2.87. The Morgan fingerprint density at radius 2 is 1.73 bits per heavy atom. The summed E-state index contributed by atoms with van der Waals surface area (Å²) in [6.45, 7) is -0.549. The van der Waals surface area contributed by atoms with Gasteiger partial charge in [0.05, 0.1) is 25.5 Å². The third-order valence-corrected chi connectivity index (χ3v) is 3.43. The first-order valence-electron chi connectivity index (χ1n) is 7.54. The molecule has 8 nitrogen and oxygen atoms in total. The molecule has 8 heteroatoms. The van der Waals surface area contributed by atoms with Gasteiger partial charge in [0.15, 0.2) is 6.61 Å². The van der Waals surface area contributed by atoms with Crippen LogP contribution in [0.3, 0.4) is 0 Å². The maximum Gasteiger partial charge on any atom is 0.342 e. The highest BCUT2D eigenvalue weighted by atomic mass is 16.5. The van der Waals surface area contributed by atoms with Crippen molar-refractivity contribution < 1.29 is 28.6 Å². The molecular formula is C18H18N2O6. The van der Waals surface area contributed by atoms with E-state index in [0.717, 1.165) is 0 Å². The van der Waals surface area contributed by atoms with Crippen molar-refractivity contribution in [2.75, 3.05) is 26.1 Å². The van der Waals surface area contributed by atoms with Crippen LogP contribution in [-0.4, -0.2) is 38.6 Å². The van der Waals surface area contributed by atoms with E-state index in [-0.39, 0.29) is 22.6 Å². The smallest absolute Gasteiger partial charge is 0.342 e. The van der Waals surface area contributed by atoms with Crippen molar-refractivity contribution in [3.63, 3.8) is 0 Å². The van der Waals surface area contributed by atoms with Crippen LogP contribution in [0.5, 0.6) is 11.5 Å². The molecule has 2 aromatic rings. The number of ether oxygens (including phenoxy) is 3. The normalized spacial score (nSPS) is 9.92. The van der Waals surface area contributed by atoms with E-state index < -0.39 is 24.4 Å². The molecule has 3 N–H and O–H groups in total. The van der Waals surface area contributed by atoms with Crippen LogP contribution in [-0.2, 0) is 9.53 Å². The Kier molecular flexibility index (Phi) is 6.15. The van der Waals surface area contributed by atoms with Crippen LogP contribution in [0.4, 0.5) is 5.69 Å². The number of esters is 1. The van der Waals surface area contributed by atoms with Gasteiger partial charge in [0.2, 0.25) is 0 Å². The summed E-state index contributed by atoms with van der Waals surface area (Å²) in [6, 6.07) is 10.9. The lowest BCUT2D eigenvalue weighted by Gasteiger charge is -2.11. The zero-order valence-corrected chi connectivity index (χ0v) is 14.3. The van der Waals surface area contributed by atoms with Crippen molar-refractivity contribution in [2.24, 2.45) is 5.73 Å². The molecule has 26 heavy (non-hydrogen) atoms. The molecule has 0 bridgehead atoms. The fourth-order valence-electron chi connectivity index (χ4n) is 2.18. The predicted octanol–water partition coefficient (Wildman–Crippen LogP) is 1.60. The highest BCUT2D eigenvalue weighted by Crippen LogP contribution is 2.24. The van der Waals surface area contributed by atoms with Crippen molar-refractivity contribution in [2.45, 2.75) is 0 Å². The van der Waals surface area contributed by atoms with Gasteiger partial charge in [-0.3, -0.25) is 9.59 Å². The Morgan fingerprint density at radius 3 is 2.38 bits per heavy atom. The van der Waals surface area contributed by atoms with Crippen molar-refractivity contribution in [1.29, 1.82) is 0 Å². The number of hydrogen-bond donors (Lipinski definition) is 2. The minimum Gasteiger partial charge on any atom is -0.497 e. The molecule has 0 saturated heterocycles. The number of hydrogen-bond acceptors (Lipinski definition) is 6. The fourth-order valence-corrected chi connectivity index (χ4v) is 2.18. The lowest BCUT2D eigenvalue weighted by atomic mass is 10.1. The van der Waals surface area contributed by atoms with Crippen LogP contribution in [0, 0.1) is 0 Å². The molecule has 2 aromatic carbocycles. The standard InChI is InChI=1S/C18H18N2O6/c1-24-11-7-8-15(25-2)13(9-11)18(23)26-10-16(21)20-14-6-4-3-5-12(14)17(19)22/h3-9H,10H2,1-2H3,(H2,19,22)(H,20,21). The number of amides is 2. The number of para-hydroxylation sites is 1. The van der Waals surface area contributed by atoms with Gasteiger partial charge in [-0.2, -0.15) is 0 Å². The summed E-state index contributed by atoms with van der Waals surface area (Å²) < 4.78 is 15.2. The number of carbonyl (C=O) groups excluding carboxylic acids is 3. The second kappa shape index (κ2) is 8.52. The summed E-state index contributed by atoms with van der Waals surface area (Å²) in [5.41, 5.74) is 5.76. The van der Waals surface area contributed by atoms with Gasteiger partial charge in [0, 0.05) is 0 Å². The molecule has 0 aliphatic carbocycles. The number of carbonyl (C=O) groups is 3. The quantitative estimate of drug-likeness (QED) is 0.726. The van der Waals surface area contributed by atoms with Crippen LogP contribution >= 0.6 is 0 Å². The largest absolute Gasteiger partial charge is 0.497 e. The molecule has 0 saturated carbocycles. The van der Waals surface area contributed by atoms with Crippen LogP contribution in [0.25, 0.3) is 0 Å². The molecule has 0 atom stereocenters. The molecule has 0 aliphatic rings. The Morgan fingerprint density at radius 1 is 1.00 bits per heavy atom. The number of nitrogens with one attached hydrogen (secondary N) is 1. The van der Waals surface area contributed by atoms with E-state index in [1.165, 1.54) is 32.4 Å². The topological polar surface area (TPSA) is 117 Å². The molecule has 0 unspecified atom stereocenters. The van der Waals surface area contributed by atoms with Gasteiger partial charge >= 0.3 is 5.97 Å². The summed E-state index contributed by atoms with van der Waals surface area (Å²) >= 11 is 0. The van der Waals surface area contributed by atoms with Gasteiger partial charge in [-0.15, -0.1) is 0 Å². The van der Waals surface area contributed by atoms with E-state index >= 15 is 0 Å². The van der Waals surface area contributed by atoms with E-state index in [9.17, 15) is 14.4 Å². The number of methoxy groups -OCH3 is 2. The second-order valence-electron chi connectivity index (χ2n) is 5.10. The van der Waals surface area contributed by atoms with Crippen LogP contribution in [0.2, 0.25) is 0 Å². The van der Waals surface area contributed by atoms with Crippen molar-refractivity contribution in [3.8, 4) is 11.5 Å². The Labute approximate surface area is 149 Å². The Balaban J connectivity index is 2.04. The Bertz CT molecular complexity index is 834. The molecule has 2 amide bonds. The first-order valence-corrected chi connectivity index (χ1v) is 7.54. The second-order valence-corrected chi connectivity index (χ2v) is 5.10. The van der Waals surface area contributed by atoms with Crippen LogP contribution < -0.4 is 20.5 Å². The fraction of sp³-hybridized carbons (Fsp3) is 0.167. The summed E-state index contributed by atoms with van der Waals surface area (Å²) in [6.07, 6.45) is 0. The van der Waals surface area contributed by atoms with E-state index in [1.54, 1.807) is 24.3 Å². The number of nitrogens with two attached hydrogens (primary N) is 1. The highest BCUT2D eigenvalue weighted by Gasteiger charge is 2.17. The van der Waals surface area contributed by atoms with Crippen molar-refractivity contribution in [1.82, 2.24) is 0 Å². The lowest BCUT2D eigenvalue weighted by Crippen LogP contribution is -2.23. The van der Waals surface area contributed by atoms with Gasteiger partial charge in [-0.1, -0.05) is 12.1 Å². The number of anilines is 1. The zero-order chi connectivity index (χ0) is 19.1. The maximum absolute atomic E-state index is 12.2. The molecule has 136 valence electrons. The molecular weight excluding hydrogens is 340 g/mol. The van der Waals surface area contributed by atoms with Crippen molar-refractivity contribution >= 4 is 23.5 Å². The van der Waals surface area contributed by atoms with E-state index in [2.05, 4.69) is 5.32 Å². The number of rotatable bonds is 7. The van der Waals surface area contributed by atoms with E-state index in [4.69, 9.17) is 19.9 Å². The third-order valence-electron chi connectivity index (χ3n) is 3.43. The molecule has 0 spiro atoms. The molecule has 0 heterocycles. The summed E-state index contributed by atoms with van der Waals surface area (Å²) in [5.74, 6) is -1.32. The SMILES string of the molecule is COc1ccc(OC)c(C(=O)OCC(=O)Nc2ccccc2C(N)=O)c1. The molecule has 0 aromatic heterocycles. The summed E-state index contributed by atoms with van der Waals surface area (Å²) in [4.78, 5) is 35.6. The predicted molar refractivity (Wildman–Crippen MR) is 93.4 cm³/mol. The minimum absolute atomic E-state index is 0.122. The molecule has 0 fully saturated rings. The van der Waals surface area contributed by atoms with Gasteiger partial charge in [0.25, 0.3) is 11.8 Å². The van der Waals surface area contributed by atoms with Crippen LogP contribution in [0.15, 0.2) is 42.5 Å². The zero-order valence-electron chi connectivity index (χ0n) is 14.3. The third kappa shape index (κ3) is 4.50. The summed E-state index contributed by atoms with van der Waals surface area (Å²) in [5, 5.41) is 2.48. The monoisotopic (exact) mass is 358 g/mol.